The van der Waals surface area contributed by atoms with E-state index in [4.69, 9.17) is 9.89 Å². The Bertz CT molecular complexity index is 611. The molecule has 1 aliphatic rings. The number of nitrogens with two attached hydrogens (primary N) is 1. The Labute approximate surface area is 124 Å². The molecule has 0 saturated heterocycles. The predicted octanol–water partition coefficient (Wildman–Crippen LogP) is 1.46. The molecule has 1 saturated carbocycles. The minimum absolute atomic E-state index is 0.250. The van der Waals surface area contributed by atoms with Gasteiger partial charge in [0, 0.05) is 31.4 Å². The molecular formula is C14H22N6O. The first kappa shape index (κ1) is 15.1. The molecule has 2 aromatic rings. The van der Waals surface area contributed by atoms with Gasteiger partial charge in [-0.1, -0.05) is 0 Å². The summed E-state index contributed by atoms with van der Waals surface area (Å²) in [5, 5.41) is 12.3. The highest BCUT2D eigenvalue weighted by atomic mass is 16.1. The molecule has 2 aromatic heterocycles. The van der Waals surface area contributed by atoms with Crippen LogP contribution >= 0.6 is 0 Å². The average molecular weight is 290 g/mol. The van der Waals surface area contributed by atoms with Crippen LogP contribution in [0.2, 0.25) is 0 Å². The van der Waals surface area contributed by atoms with Gasteiger partial charge in [-0.15, -0.1) is 0 Å². The van der Waals surface area contributed by atoms with E-state index in [1.165, 1.54) is 24.8 Å². The van der Waals surface area contributed by atoms with Crippen LogP contribution in [0.15, 0.2) is 12.4 Å². The number of nitrogens with zero attached hydrogens (tertiary/aromatic N) is 4. The molecule has 1 fully saturated rings. The lowest BCUT2D eigenvalue weighted by molar-refractivity contribution is -0.106. The number of anilines is 1. The number of carbonyl (C=O) groups excluding carboxylic acids is 1. The molecular weight excluding hydrogens is 268 g/mol. The van der Waals surface area contributed by atoms with Crippen molar-refractivity contribution in [3.63, 3.8) is 0 Å². The van der Waals surface area contributed by atoms with Crippen LogP contribution in [0.25, 0.3) is 11.3 Å². The molecule has 7 nitrogen and oxygen atoms in total. The minimum Gasteiger partial charge on any atom is -0.373 e. The molecule has 3 N–H and O–H groups in total. The number of aryl methyl sites for hydroxylation is 1. The number of hydrogen-bond acceptors (Lipinski definition) is 4. The van der Waals surface area contributed by atoms with Crippen LogP contribution in [0.3, 0.4) is 0 Å². The van der Waals surface area contributed by atoms with Crippen LogP contribution in [-0.2, 0) is 11.8 Å². The van der Waals surface area contributed by atoms with Crippen molar-refractivity contribution in [2.24, 2.45) is 12.8 Å². The first-order chi connectivity index (χ1) is 10.1. The van der Waals surface area contributed by atoms with Gasteiger partial charge in [0.2, 0.25) is 6.41 Å². The molecule has 3 rings (SSSR count). The van der Waals surface area contributed by atoms with Gasteiger partial charge < -0.3 is 11.1 Å². The van der Waals surface area contributed by atoms with E-state index in [1.807, 2.05) is 31.2 Å². The Kier molecular flexibility index (Phi) is 4.62. The molecule has 0 unspecified atom stereocenters. The van der Waals surface area contributed by atoms with Crippen LogP contribution in [0.1, 0.15) is 30.9 Å². The Hall–Kier alpha value is -2.31. The zero-order chi connectivity index (χ0) is 15.4. The fourth-order valence-electron chi connectivity index (χ4n) is 2.53. The van der Waals surface area contributed by atoms with E-state index < -0.39 is 0 Å². The van der Waals surface area contributed by atoms with Gasteiger partial charge in [0.05, 0.1) is 12.2 Å². The van der Waals surface area contributed by atoms with Crippen molar-refractivity contribution in [3.05, 3.63) is 18.0 Å². The maximum Gasteiger partial charge on any atom is 0.204 e. The predicted molar refractivity (Wildman–Crippen MR) is 81.9 cm³/mol. The maximum absolute atomic E-state index is 8.58. The standard InChI is InChI=1S/C13H19N5.CH3NO/c1-9-12(10-7-15-17(3)8-10)16-18(13(9)14-2)11-5-4-6-11;2-1-3/h7-8,11,14H,4-6H2,1-3H3;1H,(H2,2,3). The van der Waals surface area contributed by atoms with Gasteiger partial charge in [-0.25, -0.2) is 4.68 Å². The van der Waals surface area contributed by atoms with Gasteiger partial charge in [0.25, 0.3) is 0 Å². The molecule has 1 amide bonds. The summed E-state index contributed by atoms with van der Waals surface area (Å²) in [6.07, 6.45) is 7.93. The Morgan fingerprint density at radius 1 is 1.48 bits per heavy atom. The molecule has 0 bridgehead atoms. The number of rotatable bonds is 3. The normalized spacial score (nSPS) is 14.0. The summed E-state index contributed by atoms with van der Waals surface area (Å²) in [5.41, 5.74) is 7.50. The summed E-state index contributed by atoms with van der Waals surface area (Å²) in [6.45, 7) is 2.12. The first-order valence-corrected chi connectivity index (χ1v) is 7.03. The maximum atomic E-state index is 8.58. The number of nitrogens with one attached hydrogen (secondary N) is 1. The number of amides is 1. The first-order valence-electron chi connectivity index (χ1n) is 7.03. The highest BCUT2D eigenvalue weighted by Gasteiger charge is 2.25. The van der Waals surface area contributed by atoms with Gasteiger partial charge in [-0.2, -0.15) is 10.2 Å². The SMILES string of the molecule is CNc1c(C)c(-c2cnn(C)c2)nn1C1CCC1.NC=O. The summed E-state index contributed by atoms with van der Waals surface area (Å²) in [4.78, 5) is 8.58. The number of hydrogen-bond donors (Lipinski definition) is 2. The van der Waals surface area contributed by atoms with E-state index in [0.717, 1.165) is 17.1 Å². The monoisotopic (exact) mass is 290 g/mol. The molecule has 114 valence electrons. The molecule has 2 heterocycles. The molecule has 21 heavy (non-hydrogen) atoms. The lowest BCUT2D eigenvalue weighted by Gasteiger charge is -2.27. The quantitative estimate of drug-likeness (QED) is 0.837. The van der Waals surface area contributed by atoms with Crippen molar-refractivity contribution in [1.82, 2.24) is 19.6 Å². The van der Waals surface area contributed by atoms with Crippen LogP contribution in [0, 0.1) is 6.92 Å². The van der Waals surface area contributed by atoms with Crippen molar-refractivity contribution >= 4 is 12.2 Å². The molecule has 1 aliphatic carbocycles. The molecule has 7 heteroatoms. The van der Waals surface area contributed by atoms with Gasteiger partial charge in [0.1, 0.15) is 11.5 Å². The largest absolute Gasteiger partial charge is 0.373 e. The summed E-state index contributed by atoms with van der Waals surface area (Å²) in [6, 6.07) is 0.566. The average Bonchev–Trinajstić information content (AvgIpc) is 2.93. The minimum atomic E-state index is 0.250. The van der Waals surface area contributed by atoms with Crippen molar-refractivity contribution in [3.8, 4) is 11.3 Å². The van der Waals surface area contributed by atoms with Gasteiger partial charge >= 0.3 is 0 Å². The van der Waals surface area contributed by atoms with E-state index in [2.05, 4.69) is 27.8 Å². The van der Waals surface area contributed by atoms with E-state index in [1.54, 1.807) is 0 Å². The van der Waals surface area contributed by atoms with Gasteiger partial charge in [-0.05, 0) is 26.2 Å². The third-order valence-corrected chi connectivity index (χ3v) is 3.78. The second-order valence-corrected chi connectivity index (χ2v) is 5.14. The third kappa shape index (κ3) is 2.91. The Morgan fingerprint density at radius 2 is 2.14 bits per heavy atom. The number of aromatic nitrogens is 4. The fraction of sp³-hybridized carbons (Fsp3) is 0.500. The van der Waals surface area contributed by atoms with Crippen molar-refractivity contribution in [2.75, 3.05) is 12.4 Å². The van der Waals surface area contributed by atoms with Crippen molar-refractivity contribution in [2.45, 2.75) is 32.2 Å². The number of primary amides is 1. The van der Waals surface area contributed by atoms with E-state index in [0.29, 0.717) is 6.04 Å². The summed E-state index contributed by atoms with van der Waals surface area (Å²) in [5.74, 6) is 1.14. The zero-order valence-corrected chi connectivity index (χ0v) is 12.7. The molecule has 0 radical (unpaired) electrons. The van der Waals surface area contributed by atoms with E-state index >= 15 is 0 Å². The van der Waals surface area contributed by atoms with Crippen LogP contribution in [0.4, 0.5) is 5.82 Å². The smallest absolute Gasteiger partial charge is 0.204 e. The van der Waals surface area contributed by atoms with E-state index in [9.17, 15) is 0 Å². The van der Waals surface area contributed by atoms with Crippen LogP contribution < -0.4 is 11.1 Å². The number of carbonyl (C=O) groups is 1. The van der Waals surface area contributed by atoms with Gasteiger partial charge in [0.15, 0.2) is 0 Å². The lowest BCUT2D eigenvalue weighted by Crippen LogP contribution is -2.19. The zero-order valence-electron chi connectivity index (χ0n) is 12.7. The Balaban J connectivity index is 0.000000497. The van der Waals surface area contributed by atoms with Crippen molar-refractivity contribution < 1.29 is 4.79 Å². The van der Waals surface area contributed by atoms with Crippen LogP contribution in [0.5, 0.6) is 0 Å². The highest BCUT2D eigenvalue weighted by Crippen LogP contribution is 2.37. The highest BCUT2D eigenvalue weighted by molar-refractivity contribution is 5.67. The molecule has 0 spiro atoms. The molecule has 0 atom stereocenters. The second-order valence-electron chi connectivity index (χ2n) is 5.14. The summed E-state index contributed by atoms with van der Waals surface area (Å²) < 4.78 is 3.97. The second kappa shape index (κ2) is 6.43. The third-order valence-electron chi connectivity index (χ3n) is 3.78. The fourth-order valence-corrected chi connectivity index (χ4v) is 2.53. The van der Waals surface area contributed by atoms with Crippen molar-refractivity contribution in [1.29, 1.82) is 0 Å². The van der Waals surface area contributed by atoms with Gasteiger partial charge in [-0.3, -0.25) is 9.48 Å². The summed E-state index contributed by atoms with van der Waals surface area (Å²) >= 11 is 0. The lowest BCUT2D eigenvalue weighted by atomic mass is 9.93. The molecule has 0 aliphatic heterocycles. The van der Waals surface area contributed by atoms with Crippen LogP contribution in [-0.4, -0.2) is 33.0 Å². The summed E-state index contributed by atoms with van der Waals surface area (Å²) in [7, 11) is 3.90. The molecule has 0 aromatic carbocycles. The topological polar surface area (TPSA) is 90.8 Å². The van der Waals surface area contributed by atoms with E-state index in [-0.39, 0.29) is 6.41 Å². The Morgan fingerprint density at radius 3 is 2.57 bits per heavy atom.